The van der Waals surface area contributed by atoms with Crippen molar-refractivity contribution >= 4 is 23.3 Å². The fourth-order valence-corrected chi connectivity index (χ4v) is 2.42. The van der Waals surface area contributed by atoms with Crippen LogP contribution in [0, 0.1) is 0 Å². The van der Waals surface area contributed by atoms with Crippen LogP contribution in [-0.4, -0.2) is 55.1 Å². The van der Waals surface area contributed by atoms with Crippen LogP contribution in [0.4, 0.5) is 5.82 Å². The highest BCUT2D eigenvalue weighted by atomic mass is 35.5. The monoisotopic (exact) mass is 300 g/mol. The van der Waals surface area contributed by atoms with Crippen molar-refractivity contribution < 1.29 is 14.3 Å². The second kappa shape index (κ2) is 6.34. The van der Waals surface area contributed by atoms with E-state index in [9.17, 15) is 4.79 Å². The fraction of sp³-hybridized carbons (Fsp3) is 0.583. The van der Waals surface area contributed by atoms with Crippen LogP contribution in [0.15, 0.2) is 6.07 Å². The quantitative estimate of drug-likeness (QED) is 0.869. The number of nitrogens with zero attached hydrogens (tertiary/aromatic N) is 3. The maximum Gasteiger partial charge on any atom is 0.252 e. The Morgan fingerprint density at radius 3 is 3.00 bits per heavy atom. The Labute approximate surface area is 122 Å². The number of carbonyl (C=O) groups excluding carboxylic acids is 1. The molecule has 1 aromatic heterocycles. The molecule has 1 fully saturated rings. The predicted octanol–water partition coefficient (Wildman–Crippen LogP) is 0.469. The minimum atomic E-state index is -0.584. The van der Waals surface area contributed by atoms with E-state index in [1.807, 2.05) is 11.8 Å². The Kier molecular flexibility index (Phi) is 4.74. The van der Waals surface area contributed by atoms with E-state index in [1.165, 1.54) is 6.07 Å². The zero-order chi connectivity index (χ0) is 14.7. The number of amides is 1. The average molecular weight is 301 g/mol. The van der Waals surface area contributed by atoms with Crippen LogP contribution in [0.3, 0.4) is 0 Å². The van der Waals surface area contributed by atoms with Crippen LogP contribution in [-0.2, 0) is 9.47 Å². The van der Waals surface area contributed by atoms with E-state index in [0.29, 0.717) is 25.5 Å². The van der Waals surface area contributed by atoms with Crippen LogP contribution in [0.2, 0.25) is 5.15 Å². The van der Waals surface area contributed by atoms with E-state index in [1.54, 1.807) is 7.11 Å². The van der Waals surface area contributed by atoms with Crippen LogP contribution < -0.4 is 10.6 Å². The van der Waals surface area contributed by atoms with Gasteiger partial charge in [-0.2, -0.15) is 0 Å². The van der Waals surface area contributed by atoms with Gasteiger partial charge in [0.25, 0.3) is 5.91 Å². The number of ether oxygens (including phenoxy) is 2. The summed E-state index contributed by atoms with van der Waals surface area (Å²) in [7, 11) is 1.61. The van der Waals surface area contributed by atoms with Crippen molar-refractivity contribution in [2.24, 2.45) is 5.73 Å². The first kappa shape index (κ1) is 15.0. The Hall–Kier alpha value is -1.44. The summed E-state index contributed by atoms with van der Waals surface area (Å²) < 4.78 is 10.9. The minimum absolute atomic E-state index is 0.0119. The Morgan fingerprint density at radius 2 is 2.35 bits per heavy atom. The lowest BCUT2D eigenvalue weighted by atomic mass is 10.2. The molecular formula is C12H17ClN4O3. The number of methoxy groups -OCH3 is 1. The standard InChI is InChI=1S/C12H17ClN4O3/c1-7-4-17(5-8(20-7)6-19-2)12-9(11(14)18)3-10(13)15-16-12/h3,7-8H,4-6H2,1-2H3,(H2,14,18). The third-order valence-corrected chi connectivity index (χ3v) is 3.17. The van der Waals surface area contributed by atoms with Crippen molar-refractivity contribution in [2.45, 2.75) is 19.1 Å². The van der Waals surface area contributed by atoms with Crippen molar-refractivity contribution in [1.29, 1.82) is 0 Å². The van der Waals surface area contributed by atoms with Gasteiger partial charge in [-0.1, -0.05) is 11.6 Å². The van der Waals surface area contributed by atoms with Gasteiger partial charge < -0.3 is 20.1 Å². The molecule has 2 heterocycles. The SMILES string of the molecule is COCC1CN(c2nnc(Cl)cc2C(N)=O)CC(C)O1. The summed E-state index contributed by atoms with van der Waals surface area (Å²) >= 11 is 5.76. The molecule has 0 radical (unpaired) electrons. The molecule has 0 saturated carbocycles. The Balaban J connectivity index is 2.28. The number of nitrogens with two attached hydrogens (primary N) is 1. The highest BCUT2D eigenvalue weighted by Crippen LogP contribution is 2.23. The number of rotatable bonds is 4. The van der Waals surface area contributed by atoms with Crippen molar-refractivity contribution in [3.05, 3.63) is 16.8 Å². The zero-order valence-corrected chi connectivity index (χ0v) is 12.1. The minimum Gasteiger partial charge on any atom is -0.382 e. The van der Waals surface area contributed by atoms with Crippen molar-refractivity contribution in [2.75, 3.05) is 31.7 Å². The second-order valence-corrected chi connectivity index (χ2v) is 5.08. The summed E-state index contributed by atoms with van der Waals surface area (Å²) in [5, 5.41) is 7.92. The highest BCUT2D eigenvalue weighted by molar-refractivity contribution is 6.29. The first-order valence-corrected chi connectivity index (χ1v) is 6.61. The number of hydrogen-bond donors (Lipinski definition) is 1. The number of carbonyl (C=O) groups is 1. The fourth-order valence-electron chi connectivity index (χ4n) is 2.27. The van der Waals surface area contributed by atoms with Gasteiger partial charge in [-0.15, -0.1) is 10.2 Å². The molecule has 8 heteroatoms. The largest absolute Gasteiger partial charge is 0.382 e. The first-order valence-electron chi connectivity index (χ1n) is 6.23. The summed E-state index contributed by atoms with van der Waals surface area (Å²) in [6.07, 6.45) is -0.107. The van der Waals surface area contributed by atoms with Crippen LogP contribution in [0.25, 0.3) is 0 Å². The highest BCUT2D eigenvalue weighted by Gasteiger charge is 2.28. The molecule has 7 nitrogen and oxygen atoms in total. The molecule has 1 amide bonds. The van der Waals surface area contributed by atoms with Crippen LogP contribution in [0.5, 0.6) is 0 Å². The maximum absolute atomic E-state index is 11.5. The van der Waals surface area contributed by atoms with Gasteiger partial charge in [-0.3, -0.25) is 4.79 Å². The molecule has 2 rings (SSSR count). The summed E-state index contributed by atoms with van der Waals surface area (Å²) in [6.45, 7) is 3.56. The van der Waals surface area contributed by atoms with E-state index in [2.05, 4.69) is 10.2 Å². The molecule has 0 aliphatic carbocycles. The smallest absolute Gasteiger partial charge is 0.252 e. The molecule has 1 aliphatic heterocycles. The van der Waals surface area contributed by atoms with Crippen molar-refractivity contribution in [3.8, 4) is 0 Å². The van der Waals surface area contributed by atoms with Crippen LogP contribution in [0.1, 0.15) is 17.3 Å². The molecular weight excluding hydrogens is 284 g/mol. The molecule has 0 spiro atoms. The van der Waals surface area contributed by atoms with Crippen molar-refractivity contribution in [1.82, 2.24) is 10.2 Å². The molecule has 110 valence electrons. The van der Waals surface area contributed by atoms with Crippen LogP contribution >= 0.6 is 11.6 Å². The van der Waals surface area contributed by atoms with Gasteiger partial charge in [0.05, 0.1) is 24.4 Å². The number of morpholine rings is 1. The van der Waals surface area contributed by atoms with E-state index < -0.39 is 5.91 Å². The predicted molar refractivity (Wildman–Crippen MR) is 74.0 cm³/mol. The number of primary amides is 1. The van der Waals surface area contributed by atoms with Gasteiger partial charge in [-0.05, 0) is 13.0 Å². The van der Waals surface area contributed by atoms with Gasteiger partial charge in [0, 0.05) is 20.2 Å². The summed E-state index contributed by atoms with van der Waals surface area (Å²) in [4.78, 5) is 13.4. The Bertz CT molecular complexity index is 500. The molecule has 20 heavy (non-hydrogen) atoms. The summed E-state index contributed by atoms with van der Waals surface area (Å²) in [5.41, 5.74) is 5.63. The van der Waals surface area contributed by atoms with Gasteiger partial charge in [0.2, 0.25) is 0 Å². The van der Waals surface area contributed by atoms with E-state index in [0.717, 1.165) is 0 Å². The van der Waals surface area contributed by atoms with Crippen molar-refractivity contribution in [3.63, 3.8) is 0 Å². The third-order valence-electron chi connectivity index (χ3n) is 2.99. The molecule has 2 N–H and O–H groups in total. The molecule has 2 atom stereocenters. The topological polar surface area (TPSA) is 90.6 Å². The summed E-state index contributed by atoms with van der Waals surface area (Å²) in [6, 6.07) is 1.43. The number of hydrogen-bond acceptors (Lipinski definition) is 6. The Morgan fingerprint density at radius 1 is 1.60 bits per heavy atom. The lowest BCUT2D eigenvalue weighted by molar-refractivity contribution is -0.0513. The van der Waals surface area contributed by atoms with E-state index in [-0.39, 0.29) is 22.9 Å². The first-order chi connectivity index (χ1) is 9.51. The average Bonchev–Trinajstić information content (AvgIpc) is 2.38. The van der Waals surface area contributed by atoms with Gasteiger partial charge in [0.1, 0.15) is 0 Å². The second-order valence-electron chi connectivity index (χ2n) is 4.70. The van der Waals surface area contributed by atoms with E-state index in [4.69, 9.17) is 26.8 Å². The molecule has 1 saturated heterocycles. The summed E-state index contributed by atoms with van der Waals surface area (Å²) in [5.74, 6) is -0.155. The lowest BCUT2D eigenvalue weighted by Gasteiger charge is -2.37. The molecule has 0 aromatic carbocycles. The van der Waals surface area contributed by atoms with E-state index >= 15 is 0 Å². The van der Waals surface area contributed by atoms with Gasteiger partial charge >= 0.3 is 0 Å². The molecule has 0 bridgehead atoms. The molecule has 1 aliphatic rings. The normalized spacial score (nSPS) is 22.9. The third kappa shape index (κ3) is 3.36. The number of anilines is 1. The molecule has 1 aromatic rings. The number of halogens is 1. The number of aromatic nitrogens is 2. The molecule has 2 unspecified atom stereocenters. The van der Waals surface area contributed by atoms with Gasteiger partial charge in [0.15, 0.2) is 11.0 Å². The van der Waals surface area contributed by atoms with Gasteiger partial charge in [-0.25, -0.2) is 0 Å². The zero-order valence-electron chi connectivity index (χ0n) is 11.4. The lowest BCUT2D eigenvalue weighted by Crippen LogP contribution is -2.49. The maximum atomic E-state index is 11.5.